The Kier molecular flexibility index (Phi) is 10.9. The first-order valence-electron chi connectivity index (χ1n) is 10.7. The van der Waals surface area contributed by atoms with Crippen LogP contribution >= 0.6 is 7.26 Å². The topological polar surface area (TPSA) is 0 Å². The number of hydrogen-bond acceptors (Lipinski definition) is 0. The Morgan fingerprint density at radius 2 is 1.21 bits per heavy atom. The first kappa shape index (κ1) is 21.7. The zero-order chi connectivity index (χ0) is 17.8. The minimum atomic E-state index is -1.14. The zero-order valence-corrected chi connectivity index (χ0v) is 18.2. The quantitative estimate of drug-likeness (QED) is 0.321. The van der Waals surface area contributed by atoms with Gasteiger partial charge >= 0.3 is 153 Å². The van der Waals surface area contributed by atoms with Gasteiger partial charge in [-0.15, -0.1) is 0 Å². The number of unbranched alkanes of at least 4 members (excludes halogenated alkanes) is 3. The molecule has 0 bridgehead atoms. The summed E-state index contributed by atoms with van der Waals surface area (Å²) < 4.78 is 0. The second-order valence-corrected chi connectivity index (χ2v) is 12.9. The summed E-state index contributed by atoms with van der Waals surface area (Å²) in [6.45, 7) is 11.7. The van der Waals surface area contributed by atoms with Crippen LogP contribution in [-0.2, 0) is 0 Å². The Morgan fingerprint density at radius 1 is 0.750 bits per heavy atom. The number of rotatable bonds is 13. The van der Waals surface area contributed by atoms with Crippen LogP contribution in [0.25, 0.3) is 0 Å². The molecule has 0 amide bonds. The molecular formula is C23H43P. The van der Waals surface area contributed by atoms with Crippen molar-refractivity contribution in [2.24, 2.45) is 0 Å². The number of aryl methyl sites for hydroxylation is 1. The van der Waals surface area contributed by atoms with E-state index in [0.717, 1.165) is 5.92 Å². The third-order valence-corrected chi connectivity index (χ3v) is 11.5. The van der Waals surface area contributed by atoms with Gasteiger partial charge in [0.25, 0.3) is 0 Å². The van der Waals surface area contributed by atoms with Crippen LogP contribution < -0.4 is 0 Å². The molecule has 0 saturated carbocycles. The molecule has 0 aromatic heterocycles. The summed E-state index contributed by atoms with van der Waals surface area (Å²) in [6, 6.07) is 9.43. The first-order valence-corrected chi connectivity index (χ1v) is 13.5. The molecule has 0 radical (unpaired) electrons. The predicted octanol–water partition coefficient (Wildman–Crippen LogP) is 7.64. The molecule has 0 spiro atoms. The summed E-state index contributed by atoms with van der Waals surface area (Å²) in [5.41, 5.74) is 2.99. The summed E-state index contributed by atoms with van der Waals surface area (Å²) in [7, 11) is -1.14. The average Bonchev–Trinajstić information content (AvgIpc) is 2.61. The monoisotopic (exact) mass is 350 g/mol. The van der Waals surface area contributed by atoms with Gasteiger partial charge in [-0.1, -0.05) is 0 Å². The van der Waals surface area contributed by atoms with Gasteiger partial charge in [0.05, 0.1) is 0 Å². The van der Waals surface area contributed by atoms with Crippen LogP contribution in [0, 0.1) is 6.92 Å². The van der Waals surface area contributed by atoms with Crippen molar-refractivity contribution in [1.29, 1.82) is 0 Å². The standard InChI is InChI=1S/C23H43P/c1-6-10-17-24(18-11-7-2,19-12-8-3)20-22(9-4)23-15-13-21(5)14-16-23/h13-16,22,24H,6-12,17-20H2,1-5H3. The Morgan fingerprint density at radius 3 is 1.58 bits per heavy atom. The van der Waals surface area contributed by atoms with Gasteiger partial charge in [0.15, 0.2) is 0 Å². The molecule has 0 aliphatic carbocycles. The molecule has 24 heavy (non-hydrogen) atoms. The maximum atomic E-state index is 2.41. The molecule has 0 nitrogen and oxygen atoms in total. The van der Waals surface area contributed by atoms with Crippen LogP contribution in [-0.4, -0.2) is 24.6 Å². The molecule has 1 unspecified atom stereocenters. The maximum absolute atomic E-state index is 2.41. The van der Waals surface area contributed by atoms with E-state index in [9.17, 15) is 0 Å². The fraction of sp³-hybridized carbons (Fsp3) is 0.739. The van der Waals surface area contributed by atoms with Crippen molar-refractivity contribution >= 4 is 7.26 Å². The summed E-state index contributed by atoms with van der Waals surface area (Å²) in [6.07, 6.45) is 16.1. The molecule has 1 rings (SSSR count). The molecule has 140 valence electrons. The van der Waals surface area contributed by atoms with Crippen molar-refractivity contribution in [2.45, 2.75) is 85.5 Å². The molecule has 0 fully saturated rings. The molecule has 0 saturated heterocycles. The Bertz CT molecular complexity index is 398. The Balaban J connectivity index is 2.97. The normalized spacial score (nSPS) is 13.9. The van der Waals surface area contributed by atoms with E-state index < -0.39 is 7.26 Å². The summed E-state index contributed by atoms with van der Waals surface area (Å²) in [4.78, 5) is 0. The van der Waals surface area contributed by atoms with Crippen LogP contribution in [0.2, 0.25) is 0 Å². The number of hydrogen-bond donors (Lipinski definition) is 0. The summed E-state index contributed by atoms with van der Waals surface area (Å²) in [5, 5.41) is 0. The second kappa shape index (κ2) is 12.1. The van der Waals surface area contributed by atoms with Crippen LogP contribution in [0.5, 0.6) is 0 Å². The summed E-state index contributed by atoms with van der Waals surface area (Å²) in [5.74, 6) is 0.794. The van der Waals surface area contributed by atoms with Gasteiger partial charge in [-0.3, -0.25) is 0 Å². The summed E-state index contributed by atoms with van der Waals surface area (Å²) >= 11 is 0. The van der Waals surface area contributed by atoms with Crippen LogP contribution in [0.15, 0.2) is 24.3 Å². The van der Waals surface area contributed by atoms with Crippen molar-refractivity contribution < 1.29 is 0 Å². The first-order chi connectivity index (χ1) is 11.6. The van der Waals surface area contributed by atoms with E-state index in [0.29, 0.717) is 0 Å². The second-order valence-electron chi connectivity index (χ2n) is 8.03. The molecule has 1 heteroatoms. The third kappa shape index (κ3) is 7.26. The van der Waals surface area contributed by atoms with E-state index in [4.69, 9.17) is 0 Å². The van der Waals surface area contributed by atoms with Gasteiger partial charge in [0.2, 0.25) is 0 Å². The van der Waals surface area contributed by atoms with E-state index in [2.05, 4.69) is 58.9 Å². The van der Waals surface area contributed by atoms with Crippen LogP contribution in [0.1, 0.15) is 89.7 Å². The van der Waals surface area contributed by atoms with Crippen LogP contribution in [0.3, 0.4) is 0 Å². The van der Waals surface area contributed by atoms with Crippen molar-refractivity contribution in [3.63, 3.8) is 0 Å². The predicted molar refractivity (Wildman–Crippen MR) is 117 cm³/mol. The van der Waals surface area contributed by atoms with Crippen molar-refractivity contribution in [3.05, 3.63) is 35.4 Å². The van der Waals surface area contributed by atoms with E-state index in [1.54, 1.807) is 24.0 Å². The van der Waals surface area contributed by atoms with Gasteiger partial charge < -0.3 is 0 Å². The van der Waals surface area contributed by atoms with Crippen molar-refractivity contribution in [2.75, 3.05) is 24.6 Å². The fourth-order valence-electron chi connectivity index (χ4n) is 4.20. The fourth-order valence-corrected chi connectivity index (χ4v) is 10.4. The molecule has 0 N–H and O–H groups in total. The number of benzene rings is 1. The van der Waals surface area contributed by atoms with Gasteiger partial charge in [-0.2, -0.15) is 0 Å². The molecule has 0 aliphatic heterocycles. The molecule has 1 aromatic carbocycles. The molecular weight excluding hydrogens is 307 g/mol. The minimum absolute atomic E-state index is 0.794. The Labute approximate surface area is 153 Å². The van der Waals surface area contributed by atoms with Gasteiger partial charge in [-0.05, 0) is 0 Å². The van der Waals surface area contributed by atoms with E-state index in [-0.39, 0.29) is 0 Å². The van der Waals surface area contributed by atoms with E-state index in [1.807, 2.05) is 0 Å². The van der Waals surface area contributed by atoms with Crippen molar-refractivity contribution in [3.8, 4) is 0 Å². The molecule has 0 aliphatic rings. The third-order valence-electron chi connectivity index (χ3n) is 5.90. The SMILES string of the molecule is CCCC[PH](CCCC)(CCCC)CC(CC)c1ccc(C)cc1. The van der Waals surface area contributed by atoms with Crippen LogP contribution in [0.4, 0.5) is 0 Å². The molecule has 1 atom stereocenters. The van der Waals surface area contributed by atoms with E-state index >= 15 is 0 Å². The average molecular weight is 351 g/mol. The van der Waals surface area contributed by atoms with Gasteiger partial charge in [0, 0.05) is 0 Å². The molecule has 1 aromatic rings. The Hall–Kier alpha value is -0.350. The van der Waals surface area contributed by atoms with Crippen molar-refractivity contribution in [1.82, 2.24) is 0 Å². The van der Waals surface area contributed by atoms with Gasteiger partial charge in [0.1, 0.15) is 0 Å². The zero-order valence-electron chi connectivity index (χ0n) is 17.2. The van der Waals surface area contributed by atoms with Gasteiger partial charge in [-0.25, -0.2) is 0 Å². The van der Waals surface area contributed by atoms with E-state index in [1.165, 1.54) is 56.7 Å². The molecule has 0 heterocycles.